The standard InChI is InChI=1S/C17H18NO2/c1-17(20-15-10-6-3-7-11-15)16(12-13-18-17)19-14-8-4-2-5-9-14/h2-11,16H,12-13H2,1H3. The summed E-state index contributed by atoms with van der Waals surface area (Å²) in [5, 5.41) is 4.59. The fraction of sp³-hybridized carbons (Fsp3) is 0.294. The van der Waals surface area contributed by atoms with Crippen molar-refractivity contribution in [2.75, 3.05) is 6.54 Å². The number of benzene rings is 2. The molecule has 1 radical (unpaired) electrons. The minimum absolute atomic E-state index is 0.0647. The van der Waals surface area contributed by atoms with Crippen LogP contribution in [0.25, 0.3) is 0 Å². The smallest absolute Gasteiger partial charge is 0.210 e. The SMILES string of the molecule is CC1(Oc2ccccc2)[N]CCC1Oc1ccccc1. The molecule has 20 heavy (non-hydrogen) atoms. The summed E-state index contributed by atoms with van der Waals surface area (Å²) in [5.41, 5.74) is -0.628. The van der Waals surface area contributed by atoms with Gasteiger partial charge in [0, 0.05) is 13.0 Å². The first-order valence-electron chi connectivity index (χ1n) is 6.91. The molecule has 2 aromatic rings. The molecule has 0 N–H and O–H groups in total. The average molecular weight is 268 g/mol. The Bertz CT molecular complexity index is 543. The number of hydrogen-bond donors (Lipinski definition) is 0. The van der Waals surface area contributed by atoms with Gasteiger partial charge in [0.15, 0.2) is 6.10 Å². The minimum Gasteiger partial charge on any atom is -0.485 e. The summed E-state index contributed by atoms with van der Waals surface area (Å²) in [6, 6.07) is 19.6. The number of ether oxygens (including phenoxy) is 2. The van der Waals surface area contributed by atoms with Crippen LogP contribution < -0.4 is 14.8 Å². The minimum atomic E-state index is -0.628. The van der Waals surface area contributed by atoms with Gasteiger partial charge in [-0.3, -0.25) is 0 Å². The first kappa shape index (κ1) is 13.0. The van der Waals surface area contributed by atoms with Gasteiger partial charge in [-0.1, -0.05) is 36.4 Å². The van der Waals surface area contributed by atoms with Crippen LogP contribution in [0.15, 0.2) is 60.7 Å². The van der Waals surface area contributed by atoms with Crippen molar-refractivity contribution in [3.8, 4) is 11.5 Å². The van der Waals surface area contributed by atoms with Crippen molar-refractivity contribution in [3.05, 3.63) is 60.7 Å². The third-order valence-corrected chi connectivity index (χ3v) is 3.50. The topological polar surface area (TPSA) is 32.6 Å². The summed E-state index contributed by atoms with van der Waals surface area (Å²) in [4.78, 5) is 0. The van der Waals surface area contributed by atoms with Crippen molar-refractivity contribution in [2.24, 2.45) is 0 Å². The third kappa shape index (κ3) is 2.78. The van der Waals surface area contributed by atoms with Crippen LogP contribution in [0.5, 0.6) is 11.5 Å². The van der Waals surface area contributed by atoms with Gasteiger partial charge >= 0.3 is 0 Å². The second-order valence-electron chi connectivity index (χ2n) is 5.06. The molecule has 3 nitrogen and oxygen atoms in total. The summed E-state index contributed by atoms with van der Waals surface area (Å²) < 4.78 is 12.1. The highest BCUT2D eigenvalue weighted by Crippen LogP contribution is 2.29. The molecule has 0 aliphatic carbocycles. The van der Waals surface area contributed by atoms with Crippen molar-refractivity contribution >= 4 is 0 Å². The van der Waals surface area contributed by atoms with Crippen LogP contribution in [0.3, 0.4) is 0 Å². The number of hydrogen-bond acceptors (Lipinski definition) is 2. The second-order valence-corrected chi connectivity index (χ2v) is 5.06. The number of nitrogens with zero attached hydrogens (tertiary/aromatic N) is 1. The van der Waals surface area contributed by atoms with Crippen LogP contribution in [-0.4, -0.2) is 18.4 Å². The zero-order chi connectivity index (χ0) is 13.8. The largest absolute Gasteiger partial charge is 0.485 e. The van der Waals surface area contributed by atoms with E-state index in [9.17, 15) is 0 Å². The van der Waals surface area contributed by atoms with Gasteiger partial charge in [0.05, 0.1) is 0 Å². The monoisotopic (exact) mass is 268 g/mol. The quantitative estimate of drug-likeness (QED) is 0.852. The molecule has 3 rings (SSSR count). The average Bonchev–Trinajstić information content (AvgIpc) is 2.82. The van der Waals surface area contributed by atoms with Crippen LogP contribution in [0.4, 0.5) is 0 Å². The van der Waals surface area contributed by atoms with E-state index in [0.717, 1.165) is 24.5 Å². The Morgan fingerprint density at radius 1 is 0.950 bits per heavy atom. The molecule has 1 heterocycles. The first-order valence-corrected chi connectivity index (χ1v) is 6.91. The van der Waals surface area contributed by atoms with Crippen LogP contribution in [0.1, 0.15) is 13.3 Å². The van der Waals surface area contributed by atoms with Crippen molar-refractivity contribution in [2.45, 2.75) is 25.2 Å². The molecule has 1 saturated heterocycles. The Hall–Kier alpha value is -2.00. The Morgan fingerprint density at radius 3 is 2.20 bits per heavy atom. The lowest BCUT2D eigenvalue weighted by Crippen LogP contribution is -2.49. The van der Waals surface area contributed by atoms with E-state index in [1.807, 2.05) is 67.6 Å². The zero-order valence-corrected chi connectivity index (χ0v) is 11.5. The zero-order valence-electron chi connectivity index (χ0n) is 11.5. The lowest BCUT2D eigenvalue weighted by molar-refractivity contribution is -0.0221. The summed E-state index contributed by atoms with van der Waals surface area (Å²) in [7, 11) is 0. The predicted octanol–water partition coefficient (Wildman–Crippen LogP) is 3.24. The molecular weight excluding hydrogens is 250 g/mol. The van der Waals surface area contributed by atoms with Crippen LogP contribution >= 0.6 is 0 Å². The second kappa shape index (κ2) is 5.55. The molecular formula is C17H18NO2. The highest BCUT2D eigenvalue weighted by Gasteiger charge is 2.44. The lowest BCUT2D eigenvalue weighted by Gasteiger charge is -2.31. The van der Waals surface area contributed by atoms with Crippen LogP contribution in [-0.2, 0) is 0 Å². The van der Waals surface area contributed by atoms with Gasteiger partial charge < -0.3 is 9.47 Å². The van der Waals surface area contributed by atoms with Gasteiger partial charge in [-0.05, 0) is 31.2 Å². The molecule has 2 unspecified atom stereocenters. The fourth-order valence-electron chi connectivity index (χ4n) is 2.43. The fourth-order valence-corrected chi connectivity index (χ4v) is 2.43. The highest BCUT2D eigenvalue weighted by atomic mass is 16.6. The molecule has 1 fully saturated rings. The maximum absolute atomic E-state index is 6.06. The van der Waals surface area contributed by atoms with Crippen molar-refractivity contribution < 1.29 is 9.47 Å². The predicted molar refractivity (Wildman–Crippen MR) is 78.0 cm³/mol. The molecule has 103 valence electrons. The molecule has 1 aliphatic rings. The normalized spacial score (nSPS) is 25.4. The van der Waals surface area contributed by atoms with E-state index in [-0.39, 0.29) is 6.10 Å². The van der Waals surface area contributed by atoms with E-state index in [4.69, 9.17) is 9.47 Å². The van der Waals surface area contributed by atoms with E-state index >= 15 is 0 Å². The summed E-state index contributed by atoms with van der Waals surface area (Å²) in [6.07, 6.45) is 0.809. The van der Waals surface area contributed by atoms with Gasteiger partial charge in [0.25, 0.3) is 0 Å². The Balaban J connectivity index is 1.74. The molecule has 1 aliphatic heterocycles. The summed E-state index contributed by atoms with van der Waals surface area (Å²) in [5.74, 6) is 1.68. The molecule has 2 atom stereocenters. The highest BCUT2D eigenvalue weighted by molar-refractivity contribution is 5.24. The van der Waals surface area contributed by atoms with E-state index in [0.29, 0.717) is 0 Å². The van der Waals surface area contributed by atoms with Gasteiger partial charge in [0.2, 0.25) is 5.72 Å². The van der Waals surface area contributed by atoms with E-state index in [1.54, 1.807) is 0 Å². The number of para-hydroxylation sites is 2. The van der Waals surface area contributed by atoms with Crippen molar-refractivity contribution in [3.63, 3.8) is 0 Å². The van der Waals surface area contributed by atoms with E-state index in [2.05, 4.69) is 5.32 Å². The van der Waals surface area contributed by atoms with E-state index in [1.165, 1.54) is 0 Å². The molecule has 0 amide bonds. The summed E-state index contributed by atoms with van der Waals surface area (Å²) >= 11 is 0. The molecule has 0 bridgehead atoms. The van der Waals surface area contributed by atoms with Gasteiger partial charge in [-0.2, -0.15) is 5.32 Å². The maximum atomic E-state index is 6.06. The van der Waals surface area contributed by atoms with Gasteiger partial charge in [0.1, 0.15) is 11.5 Å². The number of rotatable bonds is 4. The molecule has 0 aromatic heterocycles. The Kier molecular flexibility index (Phi) is 3.61. The Labute approximate surface area is 119 Å². The molecule has 2 aromatic carbocycles. The van der Waals surface area contributed by atoms with E-state index < -0.39 is 5.72 Å². The lowest BCUT2D eigenvalue weighted by atomic mass is 10.1. The third-order valence-electron chi connectivity index (χ3n) is 3.50. The van der Waals surface area contributed by atoms with Gasteiger partial charge in [-0.15, -0.1) is 0 Å². The van der Waals surface area contributed by atoms with Crippen molar-refractivity contribution in [1.82, 2.24) is 5.32 Å². The molecule has 0 saturated carbocycles. The van der Waals surface area contributed by atoms with Crippen LogP contribution in [0, 0.1) is 0 Å². The first-order chi connectivity index (χ1) is 9.76. The summed E-state index contributed by atoms with van der Waals surface area (Å²) in [6.45, 7) is 2.75. The Morgan fingerprint density at radius 2 is 1.55 bits per heavy atom. The molecule has 3 heteroatoms. The van der Waals surface area contributed by atoms with Gasteiger partial charge in [-0.25, -0.2) is 0 Å². The molecule has 0 spiro atoms. The van der Waals surface area contributed by atoms with Crippen LogP contribution in [0.2, 0.25) is 0 Å². The maximum Gasteiger partial charge on any atom is 0.210 e. The van der Waals surface area contributed by atoms with Crippen molar-refractivity contribution in [1.29, 1.82) is 0 Å².